The maximum absolute atomic E-state index is 12.0. The van der Waals surface area contributed by atoms with E-state index in [4.69, 9.17) is 16.0 Å². The van der Waals surface area contributed by atoms with Crippen molar-refractivity contribution in [2.75, 3.05) is 0 Å². The predicted octanol–water partition coefficient (Wildman–Crippen LogP) is 2.81. The highest BCUT2D eigenvalue weighted by molar-refractivity contribution is 5.81. The first-order valence-electron chi connectivity index (χ1n) is 8.55. The van der Waals surface area contributed by atoms with Crippen LogP contribution in [0.5, 0.6) is 0 Å². The Bertz CT molecular complexity index is 968. The Morgan fingerprint density at radius 2 is 1.96 bits per heavy atom. The van der Waals surface area contributed by atoms with Crippen LogP contribution in [0.3, 0.4) is 0 Å². The third kappa shape index (κ3) is 3.30. The van der Waals surface area contributed by atoms with Crippen LogP contribution in [0.25, 0.3) is 11.0 Å². The molecule has 1 aromatic heterocycles. The van der Waals surface area contributed by atoms with Gasteiger partial charge in [-0.1, -0.05) is 24.3 Å². The lowest BCUT2D eigenvalue weighted by molar-refractivity contribution is -0.120. The van der Waals surface area contributed by atoms with Crippen LogP contribution in [0, 0.1) is 11.3 Å². The molecule has 0 unspecified atom stereocenters. The molecular weight excluding hydrogens is 326 g/mol. The molecule has 0 radical (unpaired) electrons. The summed E-state index contributed by atoms with van der Waals surface area (Å²) in [6, 6.07) is 16.0. The first-order valence-corrected chi connectivity index (χ1v) is 8.55. The van der Waals surface area contributed by atoms with Gasteiger partial charge in [0.25, 0.3) is 0 Å². The molecule has 0 saturated carbocycles. The molecule has 2 atom stereocenters. The highest BCUT2D eigenvalue weighted by Crippen LogP contribution is 2.24. The second-order valence-corrected chi connectivity index (χ2v) is 6.16. The standard InChI is InChI=1S/C20H21N5O/c1-3-25-17-7-5-4-6-16(17)24-20(25)13(2)23-18(19(22)26)15-10-8-14(12-21)9-11-15/h4-11,13,18,23H,3H2,1-2H3,(H2,22,26)/t13-,18-/m0/s1. The summed E-state index contributed by atoms with van der Waals surface area (Å²) in [4.78, 5) is 16.7. The lowest BCUT2D eigenvalue weighted by Gasteiger charge is -2.22. The fourth-order valence-electron chi connectivity index (χ4n) is 3.17. The molecule has 3 aromatic rings. The number of hydrogen-bond acceptors (Lipinski definition) is 4. The minimum Gasteiger partial charge on any atom is -0.368 e. The quantitative estimate of drug-likeness (QED) is 0.716. The molecule has 6 heteroatoms. The number of amides is 1. The Morgan fingerprint density at radius 3 is 2.58 bits per heavy atom. The van der Waals surface area contributed by atoms with E-state index in [1.807, 2.05) is 31.2 Å². The van der Waals surface area contributed by atoms with Crippen LogP contribution < -0.4 is 11.1 Å². The van der Waals surface area contributed by atoms with Gasteiger partial charge in [0, 0.05) is 6.54 Å². The minimum atomic E-state index is -0.664. The monoisotopic (exact) mass is 347 g/mol. The number of nitrogens with two attached hydrogens (primary N) is 1. The van der Waals surface area contributed by atoms with Gasteiger partial charge in [0.2, 0.25) is 5.91 Å². The van der Waals surface area contributed by atoms with Gasteiger partial charge in [-0.3, -0.25) is 10.1 Å². The third-order valence-corrected chi connectivity index (χ3v) is 4.46. The van der Waals surface area contributed by atoms with E-state index < -0.39 is 11.9 Å². The number of nitrogens with zero attached hydrogens (tertiary/aromatic N) is 3. The van der Waals surface area contributed by atoms with Crippen molar-refractivity contribution in [3.05, 3.63) is 65.5 Å². The number of carbonyl (C=O) groups excluding carboxylic acids is 1. The molecule has 0 bridgehead atoms. The number of hydrogen-bond donors (Lipinski definition) is 2. The molecule has 2 aromatic carbocycles. The van der Waals surface area contributed by atoms with Gasteiger partial charge < -0.3 is 10.3 Å². The second-order valence-electron chi connectivity index (χ2n) is 6.16. The van der Waals surface area contributed by atoms with Gasteiger partial charge in [0.05, 0.1) is 28.7 Å². The van der Waals surface area contributed by atoms with Crippen molar-refractivity contribution in [1.82, 2.24) is 14.9 Å². The highest BCUT2D eigenvalue weighted by Gasteiger charge is 2.23. The van der Waals surface area contributed by atoms with Crippen LogP contribution >= 0.6 is 0 Å². The summed E-state index contributed by atoms with van der Waals surface area (Å²) >= 11 is 0. The van der Waals surface area contributed by atoms with E-state index in [1.165, 1.54) is 0 Å². The Morgan fingerprint density at radius 1 is 1.27 bits per heavy atom. The number of nitrogens with one attached hydrogen (secondary N) is 1. The van der Waals surface area contributed by atoms with E-state index in [9.17, 15) is 4.79 Å². The summed E-state index contributed by atoms with van der Waals surface area (Å²) in [7, 11) is 0. The topological polar surface area (TPSA) is 96.7 Å². The maximum atomic E-state index is 12.0. The smallest absolute Gasteiger partial charge is 0.239 e. The summed E-state index contributed by atoms with van der Waals surface area (Å²) < 4.78 is 2.13. The van der Waals surface area contributed by atoms with Gasteiger partial charge in [0.1, 0.15) is 11.9 Å². The van der Waals surface area contributed by atoms with Crippen LogP contribution in [-0.4, -0.2) is 15.5 Å². The van der Waals surface area contributed by atoms with Crippen LogP contribution in [-0.2, 0) is 11.3 Å². The Labute approximate surface area is 152 Å². The van der Waals surface area contributed by atoms with E-state index in [2.05, 4.69) is 22.9 Å². The molecule has 3 N–H and O–H groups in total. The SMILES string of the molecule is CCn1c([C@H](C)N[C@H](C(N)=O)c2ccc(C#N)cc2)nc2ccccc21. The van der Waals surface area contributed by atoms with E-state index in [1.54, 1.807) is 24.3 Å². The van der Waals surface area contributed by atoms with Crippen LogP contribution in [0.15, 0.2) is 48.5 Å². The molecule has 0 fully saturated rings. The van der Waals surface area contributed by atoms with Crippen molar-refractivity contribution in [3.63, 3.8) is 0 Å². The van der Waals surface area contributed by atoms with Crippen molar-refractivity contribution in [3.8, 4) is 6.07 Å². The third-order valence-electron chi connectivity index (χ3n) is 4.46. The highest BCUT2D eigenvalue weighted by atomic mass is 16.1. The molecule has 0 saturated heterocycles. The van der Waals surface area contributed by atoms with Crippen LogP contribution in [0.2, 0.25) is 0 Å². The molecule has 3 rings (SSSR count). The molecule has 0 spiro atoms. The number of para-hydroxylation sites is 2. The van der Waals surface area contributed by atoms with Crippen molar-refractivity contribution in [1.29, 1.82) is 5.26 Å². The zero-order valence-electron chi connectivity index (χ0n) is 14.8. The van der Waals surface area contributed by atoms with Gasteiger partial charge in [-0.2, -0.15) is 5.26 Å². The molecule has 132 valence electrons. The Kier molecular flexibility index (Phi) is 5.01. The normalized spacial score (nSPS) is 13.3. The number of nitriles is 1. The van der Waals surface area contributed by atoms with Crippen molar-refractivity contribution >= 4 is 16.9 Å². The van der Waals surface area contributed by atoms with E-state index >= 15 is 0 Å². The predicted molar refractivity (Wildman–Crippen MR) is 100 cm³/mol. The number of rotatable bonds is 6. The molecule has 1 heterocycles. The molecular formula is C20H21N5O. The van der Waals surface area contributed by atoms with Crippen LogP contribution in [0.1, 0.15) is 42.9 Å². The number of aryl methyl sites for hydroxylation is 1. The summed E-state index contributed by atoms with van der Waals surface area (Å²) in [5, 5.41) is 12.2. The van der Waals surface area contributed by atoms with Crippen LogP contribution in [0.4, 0.5) is 0 Å². The second kappa shape index (κ2) is 7.38. The molecule has 1 amide bonds. The number of imidazole rings is 1. The molecule has 0 aliphatic rings. The minimum absolute atomic E-state index is 0.185. The van der Waals surface area contributed by atoms with E-state index in [-0.39, 0.29) is 6.04 Å². The first-order chi connectivity index (χ1) is 12.5. The van der Waals surface area contributed by atoms with Gasteiger partial charge in [-0.05, 0) is 43.7 Å². The number of aromatic nitrogens is 2. The van der Waals surface area contributed by atoms with Crippen molar-refractivity contribution in [2.45, 2.75) is 32.5 Å². The summed E-state index contributed by atoms with van der Waals surface area (Å²) in [6.45, 7) is 4.81. The number of primary amides is 1. The number of carbonyl (C=O) groups is 1. The van der Waals surface area contributed by atoms with Gasteiger partial charge in [0.15, 0.2) is 0 Å². The van der Waals surface area contributed by atoms with Gasteiger partial charge in [-0.15, -0.1) is 0 Å². The summed E-state index contributed by atoms with van der Waals surface area (Å²) in [5.41, 5.74) is 8.87. The average Bonchev–Trinajstić information content (AvgIpc) is 3.04. The molecule has 0 aliphatic heterocycles. The fourth-order valence-corrected chi connectivity index (χ4v) is 3.17. The number of benzene rings is 2. The van der Waals surface area contributed by atoms with Gasteiger partial charge in [-0.25, -0.2) is 4.98 Å². The van der Waals surface area contributed by atoms with E-state index in [0.717, 1.165) is 29.0 Å². The zero-order valence-corrected chi connectivity index (χ0v) is 14.8. The molecule has 0 aliphatic carbocycles. The van der Waals surface area contributed by atoms with Crippen molar-refractivity contribution in [2.24, 2.45) is 5.73 Å². The average molecular weight is 347 g/mol. The largest absolute Gasteiger partial charge is 0.368 e. The summed E-state index contributed by atoms with van der Waals surface area (Å²) in [5.74, 6) is 0.384. The van der Waals surface area contributed by atoms with Gasteiger partial charge >= 0.3 is 0 Å². The van der Waals surface area contributed by atoms with Crippen molar-refractivity contribution < 1.29 is 4.79 Å². The van der Waals surface area contributed by atoms with E-state index in [0.29, 0.717) is 5.56 Å². The lowest BCUT2D eigenvalue weighted by Crippen LogP contribution is -2.36. The molecule has 26 heavy (non-hydrogen) atoms. The maximum Gasteiger partial charge on any atom is 0.239 e. The number of fused-ring (bicyclic) bond motifs is 1. The lowest BCUT2D eigenvalue weighted by atomic mass is 10.0. The Balaban J connectivity index is 1.92. The molecule has 6 nitrogen and oxygen atoms in total. The Hall–Kier alpha value is -3.17. The zero-order chi connectivity index (χ0) is 18.7. The summed E-state index contributed by atoms with van der Waals surface area (Å²) in [6.07, 6.45) is 0. The first kappa shape index (κ1) is 17.6. The fraction of sp³-hybridized carbons (Fsp3) is 0.250.